The number of aromatic hydroxyl groups is 1. The molecular formula is C23H40O2. The molecule has 1 fully saturated rings. The lowest BCUT2D eigenvalue weighted by molar-refractivity contribution is 0.423. The Kier molecular flexibility index (Phi) is 13.4. The summed E-state index contributed by atoms with van der Waals surface area (Å²) in [5.41, 5.74) is 1.10. The van der Waals surface area contributed by atoms with E-state index in [2.05, 4.69) is 13.8 Å². The van der Waals surface area contributed by atoms with Crippen molar-refractivity contribution in [2.45, 2.75) is 103 Å². The molecule has 1 heterocycles. The molecule has 0 saturated carbocycles. The Morgan fingerprint density at radius 3 is 1.72 bits per heavy atom. The Labute approximate surface area is 156 Å². The van der Waals surface area contributed by atoms with Gasteiger partial charge in [-0.1, -0.05) is 95.8 Å². The van der Waals surface area contributed by atoms with E-state index in [1.54, 1.807) is 6.07 Å². The largest absolute Gasteiger partial charge is 0.508 e. The summed E-state index contributed by atoms with van der Waals surface area (Å²) in [6.45, 7) is 5.32. The predicted octanol–water partition coefficient (Wildman–Crippen LogP) is 7.04. The van der Waals surface area contributed by atoms with Gasteiger partial charge in [0.2, 0.25) is 0 Å². The zero-order valence-electron chi connectivity index (χ0n) is 16.6. The first-order chi connectivity index (χ1) is 12.2. The standard InChI is InChI=1S/C20H34O.C3H6O/c1-2-3-4-5-6-7-8-9-10-11-12-13-16-19-17-14-15-18-20(19)21;1-3-2-4-3/h14-15,17-18,21H,2-13,16H2,1H3;3H,2H2,1H3. The molecule has 2 nitrogen and oxygen atoms in total. The number of aryl methyl sites for hydroxylation is 1. The average molecular weight is 349 g/mol. The zero-order valence-corrected chi connectivity index (χ0v) is 16.6. The summed E-state index contributed by atoms with van der Waals surface area (Å²) in [5.74, 6) is 0.459. The molecule has 2 rings (SSSR count). The highest BCUT2D eigenvalue weighted by Gasteiger charge is 2.13. The first kappa shape index (κ1) is 22.0. The minimum absolute atomic E-state index is 0.459. The van der Waals surface area contributed by atoms with Crippen molar-refractivity contribution in [1.82, 2.24) is 0 Å². The SMILES string of the molecule is CC1CO1.CCCCCCCCCCCCCCc1ccccc1O. The van der Waals surface area contributed by atoms with E-state index < -0.39 is 0 Å². The molecule has 2 heteroatoms. The lowest BCUT2D eigenvalue weighted by Gasteiger charge is -2.04. The molecule has 1 aliphatic heterocycles. The number of phenols is 1. The third-order valence-electron chi connectivity index (χ3n) is 4.79. The predicted molar refractivity (Wildman–Crippen MR) is 108 cm³/mol. The molecule has 0 spiro atoms. The van der Waals surface area contributed by atoms with Gasteiger partial charge in [0.05, 0.1) is 12.7 Å². The van der Waals surface area contributed by atoms with Gasteiger partial charge in [-0.05, 0) is 31.4 Å². The van der Waals surface area contributed by atoms with Gasteiger partial charge in [0, 0.05) is 0 Å². The van der Waals surface area contributed by atoms with Gasteiger partial charge < -0.3 is 9.84 Å². The van der Waals surface area contributed by atoms with Crippen molar-refractivity contribution in [3.05, 3.63) is 29.8 Å². The number of rotatable bonds is 13. The monoisotopic (exact) mass is 348 g/mol. The number of unbranched alkanes of at least 4 members (excludes halogenated alkanes) is 11. The molecule has 0 amide bonds. The summed E-state index contributed by atoms with van der Waals surface area (Å²) in [6, 6.07) is 7.72. The van der Waals surface area contributed by atoms with E-state index in [1.165, 1.54) is 77.0 Å². The zero-order chi connectivity index (χ0) is 18.2. The second kappa shape index (κ2) is 15.3. The van der Waals surface area contributed by atoms with E-state index in [4.69, 9.17) is 4.74 Å². The van der Waals surface area contributed by atoms with Gasteiger partial charge in [-0.15, -0.1) is 0 Å². The molecule has 1 N–H and O–H groups in total. The fraction of sp³-hybridized carbons (Fsp3) is 0.739. The topological polar surface area (TPSA) is 32.8 Å². The number of benzene rings is 1. The van der Waals surface area contributed by atoms with E-state index >= 15 is 0 Å². The molecule has 1 unspecified atom stereocenters. The second-order valence-electron chi connectivity index (χ2n) is 7.41. The molecular weight excluding hydrogens is 308 g/mol. The first-order valence-electron chi connectivity index (χ1n) is 10.6. The first-order valence-corrected chi connectivity index (χ1v) is 10.6. The van der Waals surface area contributed by atoms with E-state index in [1.807, 2.05) is 18.2 Å². The van der Waals surface area contributed by atoms with Crippen LogP contribution in [0.2, 0.25) is 0 Å². The van der Waals surface area contributed by atoms with Crippen LogP contribution in [-0.2, 0) is 11.2 Å². The Morgan fingerprint density at radius 1 is 0.840 bits per heavy atom. The number of hydrogen-bond acceptors (Lipinski definition) is 2. The molecule has 0 bridgehead atoms. The van der Waals surface area contributed by atoms with Crippen LogP contribution in [0, 0.1) is 0 Å². The fourth-order valence-corrected chi connectivity index (χ4v) is 2.97. The molecule has 1 aliphatic rings. The van der Waals surface area contributed by atoms with Crippen LogP contribution in [0.5, 0.6) is 5.75 Å². The minimum atomic E-state index is 0.459. The summed E-state index contributed by atoms with van der Waals surface area (Å²) in [6.07, 6.45) is 18.2. The number of epoxide rings is 1. The van der Waals surface area contributed by atoms with E-state index in [0.717, 1.165) is 18.6 Å². The maximum atomic E-state index is 9.69. The molecule has 144 valence electrons. The maximum Gasteiger partial charge on any atom is 0.118 e. The third-order valence-corrected chi connectivity index (χ3v) is 4.79. The van der Waals surface area contributed by atoms with E-state index in [0.29, 0.717) is 11.9 Å². The van der Waals surface area contributed by atoms with Crippen molar-refractivity contribution in [3.63, 3.8) is 0 Å². The summed E-state index contributed by atoms with van der Waals surface area (Å²) in [5, 5.41) is 9.69. The van der Waals surface area contributed by atoms with Crippen LogP contribution >= 0.6 is 0 Å². The van der Waals surface area contributed by atoms with Crippen LogP contribution in [0.4, 0.5) is 0 Å². The lowest BCUT2D eigenvalue weighted by Crippen LogP contribution is -1.87. The fourth-order valence-electron chi connectivity index (χ4n) is 2.97. The molecule has 1 saturated heterocycles. The van der Waals surface area contributed by atoms with Crippen LogP contribution in [0.3, 0.4) is 0 Å². The van der Waals surface area contributed by atoms with Crippen molar-refractivity contribution < 1.29 is 9.84 Å². The lowest BCUT2D eigenvalue weighted by atomic mass is 10.0. The Hall–Kier alpha value is -1.02. The Balaban J connectivity index is 0.000000680. The number of hydrogen-bond donors (Lipinski definition) is 1. The van der Waals surface area contributed by atoms with Gasteiger partial charge in [0.25, 0.3) is 0 Å². The Bertz CT molecular complexity index is 412. The summed E-state index contributed by atoms with van der Waals surface area (Å²) in [4.78, 5) is 0. The molecule has 0 radical (unpaired) electrons. The van der Waals surface area contributed by atoms with Crippen molar-refractivity contribution >= 4 is 0 Å². The summed E-state index contributed by atoms with van der Waals surface area (Å²) < 4.78 is 4.71. The van der Waals surface area contributed by atoms with Crippen LogP contribution < -0.4 is 0 Å². The van der Waals surface area contributed by atoms with Crippen LogP contribution in [0.15, 0.2) is 24.3 Å². The van der Waals surface area contributed by atoms with Crippen LogP contribution in [0.1, 0.15) is 96.5 Å². The summed E-state index contributed by atoms with van der Waals surface area (Å²) in [7, 11) is 0. The van der Waals surface area contributed by atoms with Gasteiger partial charge in [-0.2, -0.15) is 0 Å². The van der Waals surface area contributed by atoms with E-state index in [-0.39, 0.29) is 0 Å². The molecule has 1 aromatic carbocycles. The quantitative estimate of drug-likeness (QED) is 0.306. The van der Waals surface area contributed by atoms with Gasteiger partial charge in [-0.3, -0.25) is 0 Å². The van der Waals surface area contributed by atoms with Gasteiger partial charge in [0.1, 0.15) is 5.75 Å². The number of ether oxygens (including phenoxy) is 1. The smallest absolute Gasteiger partial charge is 0.118 e. The minimum Gasteiger partial charge on any atom is -0.508 e. The average Bonchev–Trinajstić information content (AvgIpc) is 3.40. The number of phenolic OH excluding ortho intramolecular Hbond substituents is 1. The highest BCUT2D eigenvalue weighted by atomic mass is 16.6. The molecule has 1 aromatic rings. The van der Waals surface area contributed by atoms with Crippen LogP contribution in [0.25, 0.3) is 0 Å². The molecule has 1 atom stereocenters. The van der Waals surface area contributed by atoms with Crippen LogP contribution in [-0.4, -0.2) is 17.8 Å². The van der Waals surface area contributed by atoms with Crippen molar-refractivity contribution in [2.75, 3.05) is 6.61 Å². The van der Waals surface area contributed by atoms with Crippen molar-refractivity contribution in [2.24, 2.45) is 0 Å². The molecule has 25 heavy (non-hydrogen) atoms. The van der Waals surface area contributed by atoms with Crippen molar-refractivity contribution in [1.29, 1.82) is 0 Å². The summed E-state index contributed by atoms with van der Waals surface area (Å²) >= 11 is 0. The van der Waals surface area contributed by atoms with Gasteiger partial charge in [0.15, 0.2) is 0 Å². The number of para-hydroxylation sites is 1. The molecule has 0 aromatic heterocycles. The highest BCUT2D eigenvalue weighted by Crippen LogP contribution is 2.19. The maximum absolute atomic E-state index is 9.69. The highest BCUT2D eigenvalue weighted by molar-refractivity contribution is 5.31. The Morgan fingerprint density at radius 2 is 1.28 bits per heavy atom. The van der Waals surface area contributed by atoms with E-state index in [9.17, 15) is 5.11 Å². The molecule has 0 aliphatic carbocycles. The van der Waals surface area contributed by atoms with Crippen molar-refractivity contribution in [3.8, 4) is 5.75 Å². The normalized spacial score (nSPS) is 15.5. The third kappa shape index (κ3) is 13.9. The second-order valence-corrected chi connectivity index (χ2v) is 7.41. The van der Waals surface area contributed by atoms with Gasteiger partial charge >= 0.3 is 0 Å². The van der Waals surface area contributed by atoms with Gasteiger partial charge in [-0.25, -0.2) is 0 Å².